The van der Waals surface area contributed by atoms with Gasteiger partial charge in [0.1, 0.15) is 8.96 Å². The Kier molecular flexibility index (Phi) is 1.88. The van der Waals surface area contributed by atoms with Crippen LogP contribution in [0.5, 0.6) is 0 Å². The molecule has 2 N–H and O–H groups in total. The normalized spacial score (nSPS) is 25.3. The van der Waals surface area contributed by atoms with Gasteiger partial charge in [-0.3, -0.25) is 0 Å². The maximum Gasteiger partial charge on any atom is 0.106 e. The molecule has 42 valence electrons. The minimum atomic E-state index is -0.595. The molecule has 0 aromatic rings. The van der Waals surface area contributed by atoms with E-state index in [9.17, 15) is 0 Å². The van der Waals surface area contributed by atoms with Gasteiger partial charge in [-0.05, 0) is 12.1 Å². The van der Waals surface area contributed by atoms with Crippen LogP contribution in [0.3, 0.4) is 0 Å². The van der Waals surface area contributed by atoms with E-state index < -0.39 is 8.96 Å². The van der Waals surface area contributed by atoms with Gasteiger partial charge in [0.25, 0.3) is 0 Å². The Morgan fingerprint density at radius 3 is 1.86 bits per heavy atom. The van der Waals surface area contributed by atoms with Crippen LogP contribution in [0, 0.1) is 0 Å². The molecule has 1 saturated heterocycles. The van der Waals surface area contributed by atoms with Crippen molar-refractivity contribution in [3.8, 4) is 0 Å². The lowest BCUT2D eigenvalue weighted by molar-refractivity contribution is 0.722. The maximum absolute atomic E-state index is 5.77. The smallest absolute Gasteiger partial charge is 0.106 e. The summed E-state index contributed by atoms with van der Waals surface area (Å²) in [6, 6.07) is 2.81. The highest BCUT2D eigenvalue weighted by atomic mass is 28.3. The highest BCUT2D eigenvalue weighted by Gasteiger charge is 2.08. The topological polar surface area (TPSA) is 26.0 Å². The summed E-state index contributed by atoms with van der Waals surface area (Å²) in [6.45, 7) is 0. The van der Waals surface area contributed by atoms with Gasteiger partial charge in [-0.15, -0.1) is 0 Å². The van der Waals surface area contributed by atoms with Crippen LogP contribution in [-0.2, 0) is 0 Å². The van der Waals surface area contributed by atoms with Crippen LogP contribution in [0.2, 0.25) is 12.1 Å². The zero-order valence-electron chi connectivity index (χ0n) is 4.69. The van der Waals surface area contributed by atoms with Crippen molar-refractivity contribution in [3.63, 3.8) is 0 Å². The van der Waals surface area contributed by atoms with Gasteiger partial charge >= 0.3 is 0 Å². The lowest BCUT2D eigenvalue weighted by Crippen LogP contribution is -2.26. The van der Waals surface area contributed by atoms with Crippen molar-refractivity contribution in [2.75, 3.05) is 0 Å². The van der Waals surface area contributed by atoms with E-state index >= 15 is 0 Å². The van der Waals surface area contributed by atoms with E-state index in [1.807, 2.05) is 0 Å². The van der Waals surface area contributed by atoms with Crippen molar-refractivity contribution in [2.45, 2.75) is 31.4 Å². The first-order valence-corrected chi connectivity index (χ1v) is 5.45. The Bertz CT molecular complexity index is 50.0. The SMILES string of the molecule is N[SiH]1CCCCC1. The fraction of sp³-hybridized carbons (Fsp3) is 1.00. The summed E-state index contributed by atoms with van der Waals surface area (Å²) in [7, 11) is -0.595. The van der Waals surface area contributed by atoms with Crippen molar-refractivity contribution in [1.29, 1.82) is 0 Å². The van der Waals surface area contributed by atoms with Crippen LogP contribution in [0.1, 0.15) is 19.3 Å². The van der Waals surface area contributed by atoms with E-state index in [-0.39, 0.29) is 0 Å². The van der Waals surface area contributed by atoms with Crippen LogP contribution in [0.4, 0.5) is 0 Å². The van der Waals surface area contributed by atoms with Crippen LogP contribution in [-0.4, -0.2) is 8.96 Å². The summed E-state index contributed by atoms with van der Waals surface area (Å²) in [4.78, 5) is 0. The van der Waals surface area contributed by atoms with E-state index in [2.05, 4.69) is 0 Å². The summed E-state index contributed by atoms with van der Waals surface area (Å²) >= 11 is 0. The average molecular weight is 115 g/mol. The van der Waals surface area contributed by atoms with Gasteiger partial charge < -0.3 is 5.40 Å². The summed E-state index contributed by atoms with van der Waals surface area (Å²) in [5.74, 6) is 0. The lowest BCUT2D eigenvalue weighted by atomic mass is 10.3. The molecular formula is C5H13NSi. The second kappa shape index (κ2) is 2.48. The predicted molar refractivity (Wildman–Crippen MR) is 34.8 cm³/mol. The van der Waals surface area contributed by atoms with Gasteiger partial charge in [0.05, 0.1) is 0 Å². The quantitative estimate of drug-likeness (QED) is 0.465. The third-order valence-corrected chi connectivity index (χ3v) is 3.95. The average Bonchev–Trinajstić information content (AvgIpc) is 1.69. The van der Waals surface area contributed by atoms with Crippen molar-refractivity contribution in [2.24, 2.45) is 5.40 Å². The number of hydrogen-bond donors (Lipinski definition) is 1. The first-order valence-electron chi connectivity index (χ1n) is 3.15. The standard InChI is InChI=1S/C5H13NSi/c6-7-4-2-1-3-5-7/h7H,1-6H2. The molecule has 1 fully saturated rings. The van der Waals surface area contributed by atoms with Crippen LogP contribution in [0.25, 0.3) is 0 Å². The molecule has 0 radical (unpaired) electrons. The molecule has 1 aliphatic rings. The van der Waals surface area contributed by atoms with E-state index in [0.29, 0.717) is 0 Å². The Labute approximate surface area is 46.6 Å². The number of nitrogens with two attached hydrogens (primary N) is 1. The monoisotopic (exact) mass is 115 g/mol. The highest BCUT2D eigenvalue weighted by molar-refractivity contribution is 6.55. The molecule has 0 saturated carbocycles. The largest absolute Gasteiger partial charge is 0.353 e. The molecule has 0 atom stereocenters. The number of hydrogen-bond acceptors (Lipinski definition) is 1. The van der Waals surface area contributed by atoms with Crippen LogP contribution < -0.4 is 5.40 Å². The van der Waals surface area contributed by atoms with E-state index in [1.54, 1.807) is 0 Å². The minimum Gasteiger partial charge on any atom is -0.353 e. The fourth-order valence-electron chi connectivity index (χ4n) is 1.13. The second-order valence-electron chi connectivity index (χ2n) is 2.40. The van der Waals surface area contributed by atoms with Crippen molar-refractivity contribution in [3.05, 3.63) is 0 Å². The highest BCUT2D eigenvalue weighted by Crippen LogP contribution is 2.14. The molecule has 2 heteroatoms. The zero-order valence-corrected chi connectivity index (χ0v) is 5.84. The van der Waals surface area contributed by atoms with Crippen molar-refractivity contribution >= 4 is 8.96 Å². The summed E-state index contributed by atoms with van der Waals surface area (Å²) in [5.41, 5.74) is 0. The van der Waals surface area contributed by atoms with Gasteiger partial charge in [0, 0.05) is 0 Å². The van der Waals surface area contributed by atoms with Crippen molar-refractivity contribution in [1.82, 2.24) is 0 Å². The first kappa shape index (κ1) is 5.32. The molecular weight excluding hydrogens is 102 g/mol. The van der Waals surface area contributed by atoms with E-state index in [4.69, 9.17) is 5.40 Å². The summed E-state index contributed by atoms with van der Waals surface area (Å²) in [5, 5.41) is 5.77. The predicted octanol–water partition coefficient (Wildman–Crippen LogP) is 0.853. The third kappa shape index (κ3) is 1.61. The molecule has 0 aromatic carbocycles. The van der Waals surface area contributed by atoms with Crippen LogP contribution in [0.15, 0.2) is 0 Å². The summed E-state index contributed by atoms with van der Waals surface area (Å²) in [6.07, 6.45) is 4.29. The van der Waals surface area contributed by atoms with Gasteiger partial charge in [-0.2, -0.15) is 0 Å². The van der Waals surface area contributed by atoms with Gasteiger partial charge in [0.15, 0.2) is 0 Å². The number of rotatable bonds is 0. The van der Waals surface area contributed by atoms with Gasteiger partial charge in [-0.1, -0.05) is 19.3 Å². The Balaban J connectivity index is 2.12. The molecule has 7 heavy (non-hydrogen) atoms. The molecule has 1 rings (SSSR count). The Morgan fingerprint density at radius 2 is 1.57 bits per heavy atom. The molecule has 0 amide bonds. The van der Waals surface area contributed by atoms with E-state index in [0.717, 1.165) is 0 Å². The molecule has 1 aliphatic heterocycles. The molecule has 1 nitrogen and oxygen atoms in total. The lowest BCUT2D eigenvalue weighted by Gasteiger charge is -2.13. The molecule has 0 aliphatic carbocycles. The Morgan fingerprint density at radius 1 is 1.00 bits per heavy atom. The van der Waals surface area contributed by atoms with Gasteiger partial charge in [-0.25, -0.2) is 0 Å². The second-order valence-corrected chi connectivity index (χ2v) is 5.07. The Hall–Kier alpha value is 0.177. The molecule has 0 unspecified atom stereocenters. The third-order valence-electron chi connectivity index (χ3n) is 1.65. The van der Waals surface area contributed by atoms with Crippen molar-refractivity contribution < 1.29 is 0 Å². The minimum absolute atomic E-state index is 0.595. The zero-order chi connectivity index (χ0) is 5.11. The molecule has 1 heterocycles. The van der Waals surface area contributed by atoms with E-state index in [1.165, 1.54) is 31.4 Å². The van der Waals surface area contributed by atoms with Crippen LogP contribution >= 0.6 is 0 Å². The molecule has 0 bridgehead atoms. The fourth-order valence-corrected chi connectivity index (χ4v) is 3.05. The maximum atomic E-state index is 5.77. The molecule has 0 aromatic heterocycles. The first-order chi connectivity index (χ1) is 3.39. The summed E-state index contributed by atoms with van der Waals surface area (Å²) < 4.78 is 0. The molecule has 0 spiro atoms. The van der Waals surface area contributed by atoms with Gasteiger partial charge in [0.2, 0.25) is 0 Å².